The van der Waals surface area contributed by atoms with E-state index in [-0.39, 0.29) is 4.90 Å². The van der Waals surface area contributed by atoms with Gasteiger partial charge < -0.3 is 4.98 Å². The summed E-state index contributed by atoms with van der Waals surface area (Å²) in [5.41, 5.74) is 2.30. The molecule has 1 heterocycles. The number of sulfonamides is 1. The molecule has 0 amide bonds. The van der Waals surface area contributed by atoms with Gasteiger partial charge in [-0.1, -0.05) is 29.8 Å². The van der Waals surface area contributed by atoms with Crippen LogP contribution in [0.2, 0.25) is 5.02 Å². The maximum absolute atomic E-state index is 12.2. The van der Waals surface area contributed by atoms with Crippen molar-refractivity contribution in [2.24, 2.45) is 0 Å². The molecule has 1 aromatic heterocycles. The first-order chi connectivity index (χ1) is 11.1. The van der Waals surface area contributed by atoms with Crippen LogP contribution in [0.3, 0.4) is 0 Å². The third-order valence-corrected chi connectivity index (χ3v) is 5.44. The number of halogens is 1. The lowest BCUT2D eigenvalue weighted by molar-refractivity contribution is 0.579. The molecule has 2 aromatic carbocycles. The molecule has 0 unspecified atom stereocenters. The van der Waals surface area contributed by atoms with Gasteiger partial charge in [-0.2, -0.15) is 0 Å². The molecule has 3 aromatic rings. The minimum atomic E-state index is -3.48. The summed E-state index contributed by atoms with van der Waals surface area (Å²) in [6, 6.07) is 14.2. The van der Waals surface area contributed by atoms with Gasteiger partial charge in [0.05, 0.1) is 4.90 Å². The summed E-state index contributed by atoms with van der Waals surface area (Å²) in [5, 5.41) is 1.70. The van der Waals surface area contributed by atoms with Gasteiger partial charge in [0, 0.05) is 28.7 Å². The van der Waals surface area contributed by atoms with Crippen LogP contribution in [0.15, 0.2) is 59.6 Å². The SMILES string of the molecule is O=S(=O)(NCCCc1c[nH]c2ccccc12)c1ccc(Cl)cc1. The third kappa shape index (κ3) is 3.75. The topological polar surface area (TPSA) is 62.0 Å². The van der Waals surface area contributed by atoms with Gasteiger partial charge in [0.25, 0.3) is 0 Å². The monoisotopic (exact) mass is 348 g/mol. The number of H-pyrrole nitrogens is 1. The summed E-state index contributed by atoms with van der Waals surface area (Å²) in [7, 11) is -3.48. The molecule has 0 aliphatic heterocycles. The van der Waals surface area contributed by atoms with Crippen LogP contribution in [0.4, 0.5) is 0 Å². The van der Waals surface area contributed by atoms with Crippen LogP contribution in [0.5, 0.6) is 0 Å². The van der Waals surface area contributed by atoms with Gasteiger partial charge in [-0.15, -0.1) is 0 Å². The Morgan fingerprint density at radius 1 is 1.04 bits per heavy atom. The second-order valence-electron chi connectivity index (χ2n) is 5.31. The van der Waals surface area contributed by atoms with Crippen LogP contribution >= 0.6 is 11.6 Å². The lowest BCUT2D eigenvalue weighted by atomic mass is 10.1. The number of aromatic amines is 1. The van der Waals surface area contributed by atoms with Crippen LogP contribution in [0, 0.1) is 0 Å². The summed E-state index contributed by atoms with van der Waals surface area (Å²) in [5.74, 6) is 0. The lowest BCUT2D eigenvalue weighted by Crippen LogP contribution is -2.25. The Morgan fingerprint density at radius 2 is 1.78 bits per heavy atom. The molecule has 0 radical (unpaired) electrons. The highest BCUT2D eigenvalue weighted by Gasteiger charge is 2.13. The van der Waals surface area contributed by atoms with Crippen molar-refractivity contribution in [1.82, 2.24) is 9.71 Å². The molecule has 0 aliphatic carbocycles. The second-order valence-corrected chi connectivity index (χ2v) is 7.52. The van der Waals surface area contributed by atoms with Crippen molar-refractivity contribution in [2.45, 2.75) is 17.7 Å². The molecule has 0 saturated carbocycles. The predicted octanol–water partition coefficient (Wildman–Crippen LogP) is 3.73. The van der Waals surface area contributed by atoms with Crippen LogP contribution in [-0.4, -0.2) is 19.9 Å². The first-order valence-corrected chi connectivity index (χ1v) is 9.22. The molecule has 3 rings (SSSR count). The minimum absolute atomic E-state index is 0.231. The van der Waals surface area contributed by atoms with Crippen molar-refractivity contribution in [1.29, 1.82) is 0 Å². The van der Waals surface area contributed by atoms with Crippen LogP contribution in [0.1, 0.15) is 12.0 Å². The van der Waals surface area contributed by atoms with Crippen molar-refractivity contribution in [3.63, 3.8) is 0 Å². The van der Waals surface area contributed by atoms with E-state index < -0.39 is 10.0 Å². The largest absolute Gasteiger partial charge is 0.361 e. The molecule has 0 fully saturated rings. The van der Waals surface area contributed by atoms with E-state index in [0.29, 0.717) is 11.6 Å². The summed E-state index contributed by atoms with van der Waals surface area (Å²) in [6.45, 7) is 0.393. The normalized spacial score (nSPS) is 11.9. The molecular formula is C17H17ClN2O2S. The number of benzene rings is 2. The Bertz CT molecular complexity index is 902. The molecule has 120 valence electrons. The molecule has 2 N–H and O–H groups in total. The quantitative estimate of drug-likeness (QED) is 0.667. The number of hydrogen-bond acceptors (Lipinski definition) is 2. The fourth-order valence-electron chi connectivity index (χ4n) is 2.52. The van der Waals surface area contributed by atoms with E-state index in [9.17, 15) is 8.42 Å². The van der Waals surface area contributed by atoms with Crippen molar-refractivity contribution < 1.29 is 8.42 Å². The molecule has 0 aliphatic rings. The van der Waals surface area contributed by atoms with Crippen molar-refractivity contribution in [2.75, 3.05) is 6.54 Å². The zero-order valence-corrected chi connectivity index (χ0v) is 14.0. The van der Waals surface area contributed by atoms with E-state index >= 15 is 0 Å². The maximum atomic E-state index is 12.2. The molecule has 6 heteroatoms. The van der Waals surface area contributed by atoms with Gasteiger partial charge in [-0.05, 0) is 48.7 Å². The Morgan fingerprint density at radius 3 is 2.57 bits per heavy atom. The predicted molar refractivity (Wildman–Crippen MR) is 93.3 cm³/mol. The summed E-state index contributed by atoms with van der Waals surface area (Å²) in [6.07, 6.45) is 3.53. The Labute approximate surface area is 140 Å². The van der Waals surface area contributed by atoms with Crippen LogP contribution in [-0.2, 0) is 16.4 Å². The highest BCUT2D eigenvalue weighted by molar-refractivity contribution is 7.89. The average Bonchev–Trinajstić information content (AvgIpc) is 2.95. The average molecular weight is 349 g/mol. The second kappa shape index (κ2) is 6.74. The number of hydrogen-bond donors (Lipinski definition) is 2. The van der Waals surface area contributed by atoms with Gasteiger partial charge in [0.15, 0.2) is 0 Å². The number of nitrogens with one attached hydrogen (secondary N) is 2. The van der Waals surface area contributed by atoms with E-state index in [1.165, 1.54) is 23.1 Å². The molecular weight excluding hydrogens is 332 g/mol. The Hall–Kier alpha value is -1.82. The molecule has 23 heavy (non-hydrogen) atoms. The number of fused-ring (bicyclic) bond motifs is 1. The first kappa shape index (κ1) is 16.1. The van der Waals surface area contributed by atoms with Gasteiger partial charge in [0.2, 0.25) is 10.0 Å². The van der Waals surface area contributed by atoms with Gasteiger partial charge >= 0.3 is 0 Å². The van der Waals surface area contributed by atoms with E-state index in [2.05, 4.69) is 15.8 Å². The number of aromatic nitrogens is 1. The van der Waals surface area contributed by atoms with E-state index in [1.807, 2.05) is 24.4 Å². The molecule has 0 atom stereocenters. The maximum Gasteiger partial charge on any atom is 0.240 e. The van der Waals surface area contributed by atoms with Crippen molar-refractivity contribution >= 4 is 32.5 Å². The summed E-state index contributed by atoms with van der Waals surface area (Å²) < 4.78 is 26.9. The van der Waals surface area contributed by atoms with E-state index in [0.717, 1.165) is 18.4 Å². The lowest BCUT2D eigenvalue weighted by Gasteiger charge is -2.06. The van der Waals surface area contributed by atoms with Crippen molar-refractivity contribution in [3.05, 3.63) is 65.3 Å². The fraction of sp³-hybridized carbons (Fsp3) is 0.176. The van der Waals surface area contributed by atoms with Crippen molar-refractivity contribution in [3.8, 4) is 0 Å². The zero-order chi connectivity index (χ0) is 16.3. The molecule has 4 nitrogen and oxygen atoms in total. The van der Waals surface area contributed by atoms with Gasteiger partial charge in [-0.3, -0.25) is 0 Å². The van der Waals surface area contributed by atoms with Crippen LogP contribution < -0.4 is 4.72 Å². The minimum Gasteiger partial charge on any atom is -0.361 e. The van der Waals surface area contributed by atoms with E-state index in [1.54, 1.807) is 12.1 Å². The summed E-state index contributed by atoms with van der Waals surface area (Å²) in [4.78, 5) is 3.46. The third-order valence-electron chi connectivity index (χ3n) is 3.71. The Balaban J connectivity index is 1.58. The molecule has 0 spiro atoms. The van der Waals surface area contributed by atoms with Crippen LogP contribution in [0.25, 0.3) is 10.9 Å². The number of rotatable bonds is 6. The standard InChI is InChI=1S/C17H17ClN2O2S/c18-14-7-9-15(10-8-14)23(21,22)20-11-3-4-13-12-19-17-6-2-1-5-16(13)17/h1-2,5-10,12,19-20H,3-4,11H2. The smallest absolute Gasteiger partial charge is 0.240 e. The summed E-state index contributed by atoms with van der Waals surface area (Å²) >= 11 is 5.78. The first-order valence-electron chi connectivity index (χ1n) is 7.36. The number of aryl methyl sites for hydroxylation is 1. The molecule has 0 bridgehead atoms. The fourth-order valence-corrected chi connectivity index (χ4v) is 3.72. The number of para-hydroxylation sites is 1. The molecule has 0 saturated heterocycles. The van der Waals surface area contributed by atoms with E-state index in [4.69, 9.17) is 11.6 Å². The highest BCUT2D eigenvalue weighted by atomic mass is 35.5. The van der Waals surface area contributed by atoms with Gasteiger partial charge in [0.1, 0.15) is 0 Å². The zero-order valence-electron chi connectivity index (χ0n) is 12.4. The highest BCUT2D eigenvalue weighted by Crippen LogP contribution is 2.19. The van der Waals surface area contributed by atoms with Gasteiger partial charge in [-0.25, -0.2) is 13.1 Å². The Kier molecular flexibility index (Phi) is 4.71.